The van der Waals surface area contributed by atoms with Crippen LogP contribution < -0.4 is 9.47 Å². The topological polar surface area (TPSA) is 48.0 Å². The summed E-state index contributed by atoms with van der Waals surface area (Å²) in [6, 6.07) is 17.8. The summed E-state index contributed by atoms with van der Waals surface area (Å²) < 4.78 is 17.8. The molecule has 5 nitrogen and oxygen atoms in total. The van der Waals surface area contributed by atoms with Gasteiger partial charge in [-0.3, -0.25) is 0 Å². The van der Waals surface area contributed by atoms with Gasteiger partial charge in [0.05, 0.1) is 6.04 Å². The minimum Gasteiger partial charge on any atom is -0.491 e. The standard InChI is InChI=1S/C27H31NO4S/c1-27(2,3)32-26(29)28-16-7-6-8-21(28)18-30-22-11-13-23(14-12-22)31-25-10-5-4-9-24(25)20-15-17-33-19-20/h4-5,9-15,17,19,21H,6-8,16,18H2,1-3H3/t21-/m0/s1. The molecule has 3 aromatic rings. The van der Waals surface area contributed by atoms with Crippen LogP contribution in [0.3, 0.4) is 0 Å². The number of likely N-dealkylation sites (tertiary alicyclic amines) is 1. The van der Waals surface area contributed by atoms with Gasteiger partial charge in [0.1, 0.15) is 29.5 Å². The molecule has 0 bridgehead atoms. The number of rotatable bonds is 6. The lowest BCUT2D eigenvalue weighted by atomic mass is 10.0. The third-order valence-electron chi connectivity index (χ3n) is 5.47. The van der Waals surface area contributed by atoms with Crippen molar-refractivity contribution in [3.8, 4) is 28.4 Å². The van der Waals surface area contributed by atoms with Crippen molar-refractivity contribution in [1.29, 1.82) is 0 Å². The quantitative estimate of drug-likeness (QED) is 0.381. The smallest absolute Gasteiger partial charge is 0.410 e. The van der Waals surface area contributed by atoms with E-state index in [1.54, 1.807) is 11.3 Å². The Bertz CT molecular complexity index is 1040. The molecule has 0 saturated carbocycles. The van der Waals surface area contributed by atoms with Crippen molar-refractivity contribution >= 4 is 17.4 Å². The molecule has 0 N–H and O–H groups in total. The second-order valence-corrected chi connectivity index (χ2v) is 10.00. The molecule has 174 valence electrons. The van der Waals surface area contributed by atoms with Gasteiger partial charge in [0, 0.05) is 12.1 Å². The SMILES string of the molecule is CC(C)(C)OC(=O)N1CCCC[C@H]1COc1ccc(Oc2ccccc2-c2ccsc2)cc1. The highest BCUT2D eigenvalue weighted by Gasteiger charge is 2.30. The van der Waals surface area contributed by atoms with Crippen LogP contribution in [0.15, 0.2) is 65.4 Å². The average Bonchev–Trinajstić information content (AvgIpc) is 3.33. The average molecular weight is 466 g/mol. The molecule has 2 heterocycles. The zero-order valence-corrected chi connectivity index (χ0v) is 20.3. The zero-order valence-electron chi connectivity index (χ0n) is 19.5. The Hall–Kier alpha value is -2.99. The van der Waals surface area contributed by atoms with Gasteiger partial charge in [-0.15, -0.1) is 0 Å². The molecular weight excluding hydrogens is 434 g/mol. The van der Waals surface area contributed by atoms with E-state index in [-0.39, 0.29) is 12.1 Å². The van der Waals surface area contributed by atoms with Gasteiger partial charge in [-0.1, -0.05) is 18.2 Å². The van der Waals surface area contributed by atoms with Crippen molar-refractivity contribution in [2.45, 2.75) is 51.7 Å². The van der Waals surface area contributed by atoms with Crippen LogP contribution in [-0.2, 0) is 4.74 Å². The molecule has 1 fully saturated rings. The van der Waals surface area contributed by atoms with Crippen molar-refractivity contribution in [3.63, 3.8) is 0 Å². The molecule has 1 aliphatic rings. The van der Waals surface area contributed by atoms with Gasteiger partial charge in [0.15, 0.2) is 0 Å². The molecule has 2 aromatic carbocycles. The second kappa shape index (κ2) is 10.3. The Morgan fingerprint density at radius 2 is 1.79 bits per heavy atom. The number of benzene rings is 2. The molecule has 0 aliphatic carbocycles. The van der Waals surface area contributed by atoms with Crippen LogP contribution in [0.25, 0.3) is 11.1 Å². The Labute approximate surface area is 199 Å². The van der Waals surface area contributed by atoms with Gasteiger partial charge in [-0.2, -0.15) is 11.3 Å². The number of thiophene rings is 1. The van der Waals surface area contributed by atoms with E-state index in [0.29, 0.717) is 13.2 Å². The van der Waals surface area contributed by atoms with Crippen molar-refractivity contribution < 1.29 is 19.0 Å². The normalized spacial score (nSPS) is 16.3. The molecule has 1 aromatic heterocycles. The van der Waals surface area contributed by atoms with Gasteiger partial charge in [-0.05, 0) is 92.8 Å². The Kier molecular flexibility index (Phi) is 7.23. The molecular formula is C27H31NO4S. The highest BCUT2D eigenvalue weighted by molar-refractivity contribution is 7.08. The molecule has 1 atom stereocenters. The first kappa shape index (κ1) is 23.2. The first-order valence-corrected chi connectivity index (χ1v) is 12.4. The van der Waals surface area contributed by atoms with Crippen LogP contribution >= 0.6 is 11.3 Å². The van der Waals surface area contributed by atoms with E-state index >= 15 is 0 Å². The highest BCUT2D eigenvalue weighted by atomic mass is 32.1. The summed E-state index contributed by atoms with van der Waals surface area (Å²) in [6.07, 6.45) is 2.74. The summed E-state index contributed by atoms with van der Waals surface area (Å²) in [6.45, 7) is 6.83. The highest BCUT2D eigenvalue weighted by Crippen LogP contribution is 2.34. The minimum atomic E-state index is -0.502. The Balaban J connectivity index is 1.37. The van der Waals surface area contributed by atoms with E-state index in [1.807, 2.05) is 68.1 Å². The van der Waals surface area contributed by atoms with Crippen LogP contribution in [0.4, 0.5) is 4.79 Å². The number of amides is 1. The number of carbonyl (C=O) groups excluding carboxylic acids is 1. The third-order valence-corrected chi connectivity index (χ3v) is 6.15. The number of hydrogen-bond acceptors (Lipinski definition) is 5. The van der Waals surface area contributed by atoms with E-state index in [9.17, 15) is 4.79 Å². The predicted octanol–water partition coefficient (Wildman–Crippen LogP) is 7.38. The minimum absolute atomic E-state index is 0.0158. The summed E-state index contributed by atoms with van der Waals surface area (Å²) in [7, 11) is 0. The number of carbonyl (C=O) groups is 1. The fourth-order valence-corrected chi connectivity index (χ4v) is 4.53. The number of para-hydroxylation sites is 1. The largest absolute Gasteiger partial charge is 0.491 e. The third kappa shape index (κ3) is 6.29. The van der Waals surface area contributed by atoms with Crippen molar-refractivity contribution in [2.75, 3.05) is 13.2 Å². The number of nitrogens with zero attached hydrogens (tertiary/aromatic N) is 1. The molecule has 1 aliphatic heterocycles. The molecule has 1 saturated heterocycles. The first-order valence-electron chi connectivity index (χ1n) is 11.4. The van der Waals surface area contributed by atoms with Gasteiger partial charge in [0.25, 0.3) is 0 Å². The first-order chi connectivity index (χ1) is 15.9. The van der Waals surface area contributed by atoms with Crippen LogP contribution in [0, 0.1) is 0 Å². The van der Waals surface area contributed by atoms with E-state index in [0.717, 1.165) is 47.6 Å². The molecule has 0 spiro atoms. The van der Waals surface area contributed by atoms with Gasteiger partial charge in [0.2, 0.25) is 0 Å². The van der Waals surface area contributed by atoms with Crippen LogP contribution in [-0.4, -0.2) is 35.8 Å². The fraction of sp³-hybridized carbons (Fsp3) is 0.370. The summed E-state index contributed by atoms with van der Waals surface area (Å²) in [4.78, 5) is 14.4. The van der Waals surface area contributed by atoms with E-state index in [1.165, 1.54) is 0 Å². The Morgan fingerprint density at radius 3 is 2.52 bits per heavy atom. The summed E-state index contributed by atoms with van der Waals surface area (Å²) in [5.41, 5.74) is 1.72. The molecule has 6 heteroatoms. The van der Waals surface area contributed by atoms with Crippen LogP contribution in [0.1, 0.15) is 40.0 Å². The fourth-order valence-electron chi connectivity index (χ4n) is 3.87. The number of piperidine rings is 1. The summed E-state index contributed by atoms with van der Waals surface area (Å²) in [5.74, 6) is 2.32. The molecule has 0 unspecified atom stereocenters. The zero-order chi connectivity index (χ0) is 23.3. The predicted molar refractivity (Wildman–Crippen MR) is 132 cm³/mol. The van der Waals surface area contributed by atoms with Gasteiger partial charge in [-0.25, -0.2) is 4.79 Å². The van der Waals surface area contributed by atoms with Crippen molar-refractivity contribution in [2.24, 2.45) is 0 Å². The Morgan fingerprint density at radius 1 is 1.03 bits per heavy atom. The molecule has 4 rings (SSSR count). The molecule has 1 amide bonds. The monoisotopic (exact) mass is 465 g/mol. The lowest BCUT2D eigenvalue weighted by molar-refractivity contribution is 0.00361. The van der Waals surface area contributed by atoms with Crippen LogP contribution in [0.2, 0.25) is 0 Å². The summed E-state index contributed by atoms with van der Waals surface area (Å²) in [5, 5.41) is 4.18. The lowest BCUT2D eigenvalue weighted by Gasteiger charge is -2.36. The van der Waals surface area contributed by atoms with Crippen LogP contribution in [0.5, 0.6) is 17.2 Å². The number of ether oxygens (including phenoxy) is 3. The van der Waals surface area contributed by atoms with Crippen molar-refractivity contribution in [3.05, 3.63) is 65.4 Å². The second-order valence-electron chi connectivity index (χ2n) is 9.22. The number of hydrogen-bond donors (Lipinski definition) is 0. The lowest BCUT2D eigenvalue weighted by Crippen LogP contribution is -2.48. The van der Waals surface area contributed by atoms with Gasteiger partial charge < -0.3 is 19.1 Å². The van der Waals surface area contributed by atoms with E-state index in [2.05, 4.69) is 22.9 Å². The summed E-state index contributed by atoms with van der Waals surface area (Å²) >= 11 is 1.67. The van der Waals surface area contributed by atoms with Crippen molar-refractivity contribution in [1.82, 2.24) is 4.90 Å². The van der Waals surface area contributed by atoms with E-state index in [4.69, 9.17) is 14.2 Å². The van der Waals surface area contributed by atoms with E-state index < -0.39 is 5.60 Å². The molecule has 0 radical (unpaired) electrons. The maximum absolute atomic E-state index is 12.6. The molecule has 33 heavy (non-hydrogen) atoms. The van der Waals surface area contributed by atoms with Gasteiger partial charge >= 0.3 is 6.09 Å². The maximum Gasteiger partial charge on any atom is 0.410 e. The maximum atomic E-state index is 12.6.